The SMILES string of the molecule is CC.Cc1ccc(C(F)(F)F)cc1C1CCCN1. The average Bonchev–Trinajstić information content (AvgIpc) is 2.84. The van der Waals surface area contributed by atoms with Crippen LogP contribution in [0.4, 0.5) is 13.2 Å². The first-order valence-corrected chi connectivity index (χ1v) is 6.39. The summed E-state index contributed by atoms with van der Waals surface area (Å²) in [7, 11) is 0. The van der Waals surface area contributed by atoms with Gasteiger partial charge in [-0.25, -0.2) is 0 Å². The summed E-state index contributed by atoms with van der Waals surface area (Å²) in [6.07, 6.45) is -2.30. The number of halogens is 3. The molecule has 0 radical (unpaired) electrons. The van der Waals surface area contributed by atoms with Crippen molar-refractivity contribution in [1.29, 1.82) is 0 Å². The van der Waals surface area contributed by atoms with Crippen molar-refractivity contribution in [3.63, 3.8) is 0 Å². The zero-order valence-corrected chi connectivity index (χ0v) is 11.1. The number of hydrogen-bond donors (Lipinski definition) is 1. The molecule has 1 aliphatic rings. The first-order valence-electron chi connectivity index (χ1n) is 6.39. The lowest BCUT2D eigenvalue weighted by atomic mass is 9.97. The molecule has 1 aliphatic heterocycles. The second kappa shape index (κ2) is 6.23. The largest absolute Gasteiger partial charge is 0.416 e. The predicted molar refractivity (Wildman–Crippen MR) is 67.5 cm³/mol. The van der Waals surface area contributed by atoms with Crippen molar-refractivity contribution in [3.8, 4) is 0 Å². The molecule has 1 fully saturated rings. The number of rotatable bonds is 1. The Morgan fingerprint density at radius 2 is 1.89 bits per heavy atom. The maximum absolute atomic E-state index is 12.6. The van der Waals surface area contributed by atoms with Gasteiger partial charge in [0.25, 0.3) is 0 Å². The van der Waals surface area contributed by atoms with Crippen LogP contribution in [0.25, 0.3) is 0 Å². The molecule has 18 heavy (non-hydrogen) atoms. The molecular weight excluding hydrogens is 239 g/mol. The molecule has 0 aliphatic carbocycles. The van der Waals surface area contributed by atoms with Crippen molar-refractivity contribution in [2.24, 2.45) is 0 Å². The van der Waals surface area contributed by atoms with E-state index in [0.29, 0.717) is 0 Å². The van der Waals surface area contributed by atoms with Crippen LogP contribution in [-0.2, 0) is 6.18 Å². The lowest BCUT2D eigenvalue weighted by Gasteiger charge is -2.16. The highest BCUT2D eigenvalue weighted by atomic mass is 19.4. The Bertz CT molecular complexity index is 379. The Morgan fingerprint density at radius 3 is 2.39 bits per heavy atom. The minimum absolute atomic E-state index is 0.0855. The summed E-state index contributed by atoms with van der Waals surface area (Å²) in [4.78, 5) is 0. The van der Waals surface area contributed by atoms with Crippen molar-refractivity contribution in [2.45, 2.75) is 45.8 Å². The van der Waals surface area contributed by atoms with Crippen molar-refractivity contribution >= 4 is 0 Å². The molecule has 1 heterocycles. The van der Waals surface area contributed by atoms with Gasteiger partial charge in [0, 0.05) is 6.04 Å². The molecule has 4 heteroatoms. The highest BCUT2D eigenvalue weighted by molar-refractivity contribution is 5.35. The van der Waals surface area contributed by atoms with E-state index < -0.39 is 11.7 Å². The number of alkyl halides is 3. The van der Waals surface area contributed by atoms with E-state index in [1.165, 1.54) is 6.07 Å². The maximum Gasteiger partial charge on any atom is 0.416 e. The highest BCUT2D eigenvalue weighted by Gasteiger charge is 2.31. The molecule has 0 amide bonds. The molecule has 1 saturated heterocycles. The summed E-state index contributed by atoms with van der Waals surface area (Å²) >= 11 is 0. The van der Waals surface area contributed by atoms with Gasteiger partial charge >= 0.3 is 6.18 Å². The number of aryl methyl sites for hydroxylation is 1. The molecule has 102 valence electrons. The Kier molecular flexibility index (Phi) is 5.20. The molecule has 2 rings (SSSR count). The first-order chi connectivity index (χ1) is 8.48. The Hall–Kier alpha value is -1.03. The van der Waals surface area contributed by atoms with Gasteiger partial charge in [-0.1, -0.05) is 19.9 Å². The van der Waals surface area contributed by atoms with Gasteiger partial charge in [-0.15, -0.1) is 0 Å². The fraction of sp³-hybridized carbons (Fsp3) is 0.571. The molecule has 0 aromatic heterocycles. The lowest BCUT2D eigenvalue weighted by Crippen LogP contribution is -2.15. The summed E-state index contributed by atoms with van der Waals surface area (Å²) in [6, 6.07) is 4.06. The first kappa shape index (κ1) is 15.0. The molecule has 0 spiro atoms. The molecule has 1 aromatic rings. The van der Waals surface area contributed by atoms with Gasteiger partial charge in [-0.05, 0) is 49.6 Å². The van der Waals surface area contributed by atoms with Crippen LogP contribution in [-0.4, -0.2) is 6.54 Å². The Balaban J connectivity index is 0.000000771. The van der Waals surface area contributed by atoms with E-state index in [1.54, 1.807) is 6.07 Å². The van der Waals surface area contributed by atoms with Gasteiger partial charge in [-0.2, -0.15) is 13.2 Å². The second-order valence-electron chi connectivity index (χ2n) is 4.22. The Morgan fingerprint density at radius 1 is 1.22 bits per heavy atom. The van der Waals surface area contributed by atoms with Gasteiger partial charge in [-0.3, -0.25) is 0 Å². The molecule has 1 N–H and O–H groups in total. The number of nitrogens with one attached hydrogen (secondary N) is 1. The Labute approximate surface area is 106 Å². The molecule has 1 aromatic carbocycles. The molecule has 1 unspecified atom stereocenters. The second-order valence-corrected chi connectivity index (χ2v) is 4.22. The highest BCUT2D eigenvalue weighted by Crippen LogP contribution is 2.33. The minimum atomic E-state index is -4.25. The molecule has 0 saturated carbocycles. The summed E-state index contributed by atoms with van der Waals surface area (Å²) in [5, 5.41) is 3.23. The van der Waals surface area contributed by atoms with Gasteiger partial charge < -0.3 is 5.32 Å². The van der Waals surface area contributed by atoms with E-state index in [-0.39, 0.29) is 6.04 Å². The smallest absolute Gasteiger partial charge is 0.310 e. The van der Waals surface area contributed by atoms with Gasteiger partial charge in [0.15, 0.2) is 0 Å². The molecule has 1 nitrogen and oxygen atoms in total. The van der Waals surface area contributed by atoms with Crippen LogP contribution >= 0.6 is 0 Å². The van der Waals surface area contributed by atoms with E-state index in [9.17, 15) is 13.2 Å². The van der Waals surface area contributed by atoms with Crippen LogP contribution in [0.5, 0.6) is 0 Å². The molecule has 0 bridgehead atoms. The fourth-order valence-corrected chi connectivity index (χ4v) is 2.14. The summed E-state index contributed by atoms with van der Waals surface area (Å²) in [6.45, 7) is 6.75. The van der Waals surface area contributed by atoms with Crippen molar-refractivity contribution < 1.29 is 13.2 Å². The third-order valence-corrected chi connectivity index (χ3v) is 3.04. The molecular formula is C14H20F3N. The van der Waals surface area contributed by atoms with E-state index in [0.717, 1.165) is 36.6 Å². The van der Waals surface area contributed by atoms with E-state index >= 15 is 0 Å². The van der Waals surface area contributed by atoms with Crippen LogP contribution in [0.3, 0.4) is 0 Å². The number of hydrogen-bond acceptors (Lipinski definition) is 1. The van der Waals surface area contributed by atoms with Crippen LogP contribution in [0.1, 0.15) is 49.4 Å². The third kappa shape index (κ3) is 3.48. The van der Waals surface area contributed by atoms with Crippen LogP contribution in [0, 0.1) is 6.92 Å². The van der Waals surface area contributed by atoms with E-state index in [2.05, 4.69) is 5.32 Å². The van der Waals surface area contributed by atoms with Crippen molar-refractivity contribution in [1.82, 2.24) is 5.32 Å². The predicted octanol–water partition coefficient (Wildman–Crippen LogP) is 4.46. The summed E-state index contributed by atoms with van der Waals surface area (Å²) in [5.41, 5.74) is 1.15. The fourth-order valence-electron chi connectivity index (χ4n) is 2.14. The lowest BCUT2D eigenvalue weighted by molar-refractivity contribution is -0.137. The van der Waals surface area contributed by atoms with Gasteiger partial charge in [0.05, 0.1) is 5.56 Å². The standard InChI is InChI=1S/C12H14F3N.C2H6/c1-8-4-5-9(12(13,14)15)7-10(8)11-3-2-6-16-11;1-2/h4-5,7,11,16H,2-3,6H2,1H3;1-2H3. The van der Waals surface area contributed by atoms with Crippen molar-refractivity contribution in [2.75, 3.05) is 6.54 Å². The normalized spacial score (nSPS) is 19.3. The van der Waals surface area contributed by atoms with Gasteiger partial charge in [0.1, 0.15) is 0 Å². The maximum atomic E-state index is 12.6. The van der Waals surface area contributed by atoms with Crippen molar-refractivity contribution in [3.05, 3.63) is 34.9 Å². The molecule has 1 atom stereocenters. The monoisotopic (exact) mass is 259 g/mol. The van der Waals surface area contributed by atoms with Crippen LogP contribution in [0.2, 0.25) is 0 Å². The topological polar surface area (TPSA) is 12.0 Å². The quantitative estimate of drug-likeness (QED) is 0.785. The zero-order chi connectivity index (χ0) is 13.8. The van der Waals surface area contributed by atoms with E-state index in [4.69, 9.17) is 0 Å². The summed E-state index contributed by atoms with van der Waals surface area (Å²) in [5.74, 6) is 0. The van der Waals surface area contributed by atoms with Crippen LogP contribution in [0.15, 0.2) is 18.2 Å². The minimum Gasteiger partial charge on any atom is -0.310 e. The van der Waals surface area contributed by atoms with Crippen LogP contribution < -0.4 is 5.32 Å². The average molecular weight is 259 g/mol. The van der Waals surface area contributed by atoms with Gasteiger partial charge in [0.2, 0.25) is 0 Å². The third-order valence-electron chi connectivity index (χ3n) is 3.04. The van der Waals surface area contributed by atoms with E-state index in [1.807, 2.05) is 20.8 Å². The zero-order valence-electron chi connectivity index (χ0n) is 11.1. The summed E-state index contributed by atoms with van der Waals surface area (Å²) < 4.78 is 37.7. The number of benzene rings is 1.